The molecule has 2 aromatic rings. The molecule has 0 aliphatic carbocycles. The number of hydrogen-bond acceptors (Lipinski definition) is 3. The number of hydrogen-bond donors (Lipinski definition) is 2. The molecule has 0 amide bonds. The average Bonchev–Trinajstić information content (AvgIpc) is 2.64. The summed E-state index contributed by atoms with van der Waals surface area (Å²) in [5, 5.41) is 6.22. The SMILES string of the molecule is CN=C(NCc1ccc(F)cc1CSC)NCc1ccccc1OC(F)F.I. The van der Waals surface area contributed by atoms with Gasteiger partial charge in [0.05, 0.1) is 0 Å². The predicted molar refractivity (Wildman–Crippen MR) is 119 cm³/mol. The average molecular weight is 525 g/mol. The normalized spacial score (nSPS) is 11.1. The van der Waals surface area contributed by atoms with Crippen LogP contribution in [0.1, 0.15) is 16.7 Å². The largest absolute Gasteiger partial charge is 0.434 e. The third-order valence-corrected chi connectivity index (χ3v) is 4.37. The van der Waals surface area contributed by atoms with Crippen molar-refractivity contribution in [3.05, 3.63) is 65.0 Å². The lowest BCUT2D eigenvalue weighted by Crippen LogP contribution is -2.36. The lowest BCUT2D eigenvalue weighted by molar-refractivity contribution is -0.0504. The Morgan fingerprint density at radius 3 is 2.39 bits per heavy atom. The van der Waals surface area contributed by atoms with Crippen LogP contribution in [0.3, 0.4) is 0 Å². The fraction of sp³-hybridized carbons (Fsp3) is 0.316. The van der Waals surface area contributed by atoms with Gasteiger partial charge in [-0.1, -0.05) is 24.3 Å². The molecule has 0 aliphatic heterocycles. The van der Waals surface area contributed by atoms with Crippen molar-refractivity contribution in [2.75, 3.05) is 13.3 Å². The summed E-state index contributed by atoms with van der Waals surface area (Å²) in [7, 11) is 1.62. The lowest BCUT2D eigenvalue weighted by atomic mass is 10.1. The van der Waals surface area contributed by atoms with E-state index in [1.807, 2.05) is 6.26 Å². The number of guanidine groups is 1. The molecule has 0 saturated carbocycles. The molecule has 28 heavy (non-hydrogen) atoms. The highest BCUT2D eigenvalue weighted by atomic mass is 127. The van der Waals surface area contributed by atoms with Crippen LogP contribution in [0.5, 0.6) is 5.75 Å². The van der Waals surface area contributed by atoms with E-state index < -0.39 is 6.61 Å². The molecule has 4 nitrogen and oxygen atoms in total. The number of para-hydroxylation sites is 1. The Kier molecular flexibility index (Phi) is 11.1. The molecule has 0 fully saturated rings. The minimum Gasteiger partial charge on any atom is -0.434 e. The first-order valence-corrected chi connectivity index (χ1v) is 9.66. The van der Waals surface area contributed by atoms with Crippen LogP contribution in [0, 0.1) is 5.82 Å². The minimum atomic E-state index is -2.88. The molecule has 9 heteroatoms. The summed E-state index contributed by atoms with van der Waals surface area (Å²) in [6, 6.07) is 11.3. The first kappa shape index (κ1) is 24.4. The number of nitrogens with zero attached hydrogens (tertiary/aromatic N) is 1. The van der Waals surface area contributed by atoms with Crippen molar-refractivity contribution in [2.24, 2.45) is 4.99 Å². The summed E-state index contributed by atoms with van der Waals surface area (Å²) < 4.78 is 43.0. The number of alkyl halides is 2. The zero-order valence-electron chi connectivity index (χ0n) is 15.5. The highest BCUT2D eigenvalue weighted by Crippen LogP contribution is 2.20. The molecule has 0 atom stereocenters. The molecule has 2 N–H and O–H groups in total. The van der Waals surface area contributed by atoms with Crippen LogP contribution in [0.4, 0.5) is 13.2 Å². The van der Waals surface area contributed by atoms with Crippen molar-refractivity contribution >= 4 is 41.7 Å². The quantitative estimate of drug-likeness (QED) is 0.296. The van der Waals surface area contributed by atoms with Crippen LogP contribution < -0.4 is 15.4 Å². The number of aliphatic imine (C=N–C) groups is 1. The van der Waals surface area contributed by atoms with Gasteiger partial charge in [-0.25, -0.2) is 4.39 Å². The molecule has 0 bridgehead atoms. The van der Waals surface area contributed by atoms with Crippen molar-refractivity contribution in [3.63, 3.8) is 0 Å². The summed E-state index contributed by atoms with van der Waals surface area (Å²) in [5.41, 5.74) is 2.47. The van der Waals surface area contributed by atoms with Crippen molar-refractivity contribution in [1.82, 2.24) is 10.6 Å². The molecule has 0 radical (unpaired) electrons. The molecule has 0 aliphatic rings. The molecule has 0 unspecified atom stereocenters. The Hall–Kier alpha value is -1.62. The van der Waals surface area contributed by atoms with Gasteiger partial charge >= 0.3 is 6.61 Å². The standard InChI is InChI=1S/C19H22F3N3OS.HI/c1-23-19(24-10-13-7-8-16(20)9-15(13)12-27-2)25-11-14-5-3-4-6-17(14)26-18(21)22;/h3-9,18H,10-12H2,1-2H3,(H2,23,24,25);1H. The van der Waals surface area contributed by atoms with Gasteiger partial charge < -0.3 is 15.4 Å². The third kappa shape index (κ3) is 7.78. The second-order valence-electron chi connectivity index (χ2n) is 5.61. The number of ether oxygens (including phenoxy) is 1. The van der Waals surface area contributed by atoms with E-state index in [1.54, 1.807) is 43.1 Å². The van der Waals surface area contributed by atoms with E-state index in [0.717, 1.165) is 11.1 Å². The first-order chi connectivity index (χ1) is 13.0. The smallest absolute Gasteiger partial charge is 0.387 e. The summed E-state index contributed by atoms with van der Waals surface area (Å²) >= 11 is 1.62. The van der Waals surface area contributed by atoms with E-state index in [-0.39, 0.29) is 42.1 Å². The summed E-state index contributed by atoms with van der Waals surface area (Å²) in [4.78, 5) is 4.13. The fourth-order valence-corrected chi connectivity index (χ4v) is 3.08. The molecular weight excluding hydrogens is 502 g/mol. The van der Waals surface area contributed by atoms with Gasteiger partial charge in [-0.15, -0.1) is 24.0 Å². The van der Waals surface area contributed by atoms with E-state index in [9.17, 15) is 13.2 Å². The van der Waals surface area contributed by atoms with E-state index in [1.165, 1.54) is 18.2 Å². The van der Waals surface area contributed by atoms with Gasteiger partial charge in [0.15, 0.2) is 5.96 Å². The van der Waals surface area contributed by atoms with Gasteiger partial charge in [-0.3, -0.25) is 4.99 Å². The zero-order valence-corrected chi connectivity index (χ0v) is 18.7. The van der Waals surface area contributed by atoms with Crippen LogP contribution in [-0.4, -0.2) is 25.9 Å². The number of halogens is 4. The fourth-order valence-electron chi connectivity index (χ4n) is 2.50. The maximum Gasteiger partial charge on any atom is 0.387 e. The van der Waals surface area contributed by atoms with E-state index in [0.29, 0.717) is 23.8 Å². The van der Waals surface area contributed by atoms with Gasteiger partial charge in [0.1, 0.15) is 11.6 Å². The first-order valence-electron chi connectivity index (χ1n) is 8.27. The van der Waals surface area contributed by atoms with Crippen molar-refractivity contribution in [2.45, 2.75) is 25.5 Å². The summed E-state index contributed by atoms with van der Waals surface area (Å²) in [5.74, 6) is 1.07. The number of benzene rings is 2. The number of nitrogens with one attached hydrogen (secondary N) is 2. The summed E-state index contributed by atoms with van der Waals surface area (Å²) in [6.45, 7) is -2.15. The molecule has 2 aromatic carbocycles. The maximum atomic E-state index is 13.4. The second-order valence-corrected chi connectivity index (χ2v) is 6.48. The Labute approximate surface area is 184 Å². The Morgan fingerprint density at radius 2 is 1.75 bits per heavy atom. The second kappa shape index (κ2) is 12.8. The Morgan fingerprint density at radius 1 is 1.07 bits per heavy atom. The van der Waals surface area contributed by atoms with Gasteiger partial charge in [0.25, 0.3) is 0 Å². The molecule has 154 valence electrons. The third-order valence-electron chi connectivity index (χ3n) is 3.77. The van der Waals surface area contributed by atoms with E-state index >= 15 is 0 Å². The Balaban J connectivity index is 0.00000392. The van der Waals surface area contributed by atoms with Crippen molar-refractivity contribution in [3.8, 4) is 5.75 Å². The van der Waals surface area contributed by atoms with E-state index in [2.05, 4.69) is 20.4 Å². The van der Waals surface area contributed by atoms with Gasteiger partial charge in [-0.05, 0) is 35.6 Å². The Bertz CT molecular complexity index is 778. The van der Waals surface area contributed by atoms with E-state index in [4.69, 9.17) is 0 Å². The van der Waals surface area contributed by atoms with Crippen LogP contribution in [0.2, 0.25) is 0 Å². The summed E-state index contributed by atoms with van der Waals surface area (Å²) in [6.07, 6.45) is 1.96. The van der Waals surface area contributed by atoms with Crippen LogP contribution in [-0.2, 0) is 18.8 Å². The lowest BCUT2D eigenvalue weighted by Gasteiger charge is -2.15. The zero-order chi connectivity index (χ0) is 19.6. The molecular formula is C19H23F3IN3OS. The van der Waals surface area contributed by atoms with Crippen molar-refractivity contribution < 1.29 is 17.9 Å². The van der Waals surface area contributed by atoms with Crippen molar-refractivity contribution in [1.29, 1.82) is 0 Å². The molecule has 0 aromatic heterocycles. The minimum absolute atomic E-state index is 0. The molecule has 2 rings (SSSR count). The number of rotatable bonds is 8. The van der Waals surface area contributed by atoms with Crippen LogP contribution in [0.25, 0.3) is 0 Å². The molecule has 0 saturated heterocycles. The monoisotopic (exact) mass is 525 g/mol. The van der Waals surface area contributed by atoms with Crippen LogP contribution in [0.15, 0.2) is 47.5 Å². The molecule has 0 heterocycles. The maximum absolute atomic E-state index is 13.4. The highest BCUT2D eigenvalue weighted by molar-refractivity contribution is 14.0. The van der Waals surface area contributed by atoms with Gasteiger partial charge in [0, 0.05) is 31.5 Å². The van der Waals surface area contributed by atoms with Crippen LogP contribution >= 0.6 is 35.7 Å². The van der Waals surface area contributed by atoms with Gasteiger partial charge in [0.2, 0.25) is 0 Å². The molecule has 0 spiro atoms. The predicted octanol–water partition coefficient (Wildman–Crippen LogP) is 4.77. The topological polar surface area (TPSA) is 45.7 Å². The highest BCUT2D eigenvalue weighted by Gasteiger charge is 2.10. The van der Waals surface area contributed by atoms with Gasteiger partial charge in [-0.2, -0.15) is 20.5 Å². The number of thioether (sulfide) groups is 1.